The zero-order valence-corrected chi connectivity index (χ0v) is 13.5. The van der Waals surface area contributed by atoms with Crippen molar-refractivity contribution in [2.45, 2.75) is 0 Å². The van der Waals surface area contributed by atoms with Gasteiger partial charge >= 0.3 is 5.97 Å². The fraction of sp³-hybridized carbons (Fsp3) is 0.176. The van der Waals surface area contributed by atoms with Crippen molar-refractivity contribution in [2.24, 2.45) is 0 Å². The second-order valence-corrected chi connectivity index (χ2v) is 5.14. The lowest BCUT2D eigenvalue weighted by Crippen LogP contribution is -2.17. The summed E-state index contributed by atoms with van der Waals surface area (Å²) >= 11 is 0. The number of ketones is 1. The minimum Gasteiger partial charge on any atom is -0.454 e. The number of aliphatic hydroxyl groups is 1. The number of ether oxygens (including phenoxy) is 1. The van der Waals surface area contributed by atoms with Crippen molar-refractivity contribution in [2.75, 3.05) is 25.1 Å². The number of nitro benzene ring substituents is 1. The van der Waals surface area contributed by atoms with Gasteiger partial charge in [-0.15, -0.1) is 0 Å². The maximum absolute atomic E-state index is 12.9. The van der Waals surface area contributed by atoms with Crippen molar-refractivity contribution in [3.8, 4) is 0 Å². The minimum absolute atomic E-state index is 0.118. The minimum atomic E-state index is -0.940. The van der Waals surface area contributed by atoms with Gasteiger partial charge in [0.25, 0.3) is 5.69 Å². The highest BCUT2D eigenvalue weighted by molar-refractivity contribution is 6.01. The lowest BCUT2D eigenvalue weighted by Gasteiger charge is -2.11. The van der Waals surface area contributed by atoms with Gasteiger partial charge in [0.1, 0.15) is 5.82 Å². The molecule has 8 nitrogen and oxygen atoms in total. The smallest absolute Gasteiger partial charge is 0.340 e. The molecule has 0 atom stereocenters. The fourth-order valence-electron chi connectivity index (χ4n) is 2.09. The molecule has 0 radical (unpaired) electrons. The summed E-state index contributed by atoms with van der Waals surface area (Å²) in [5.41, 5.74) is -0.0725. The van der Waals surface area contributed by atoms with Gasteiger partial charge in [0.2, 0.25) is 0 Å². The third kappa shape index (κ3) is 4.84. The Morgan fingerprint density at radius 2 is 1.88 bits per heavy atom. The molecule has 0 aliphatic carbocycles. The molecule has 0 saturated carbocycles. The number of hydrogen-bond acceptors (Lipinski definition) is 7. The Morgan fingerprint density at radius 3 is 2.50 bits per heavy atom. The molecule has 2 aromatic carbocycles. The lowest BCUT2D eigenvalue weighted by molar-refractivity contribution is -0.384. The van der Waals surface area contributed by atoms with Gasteiger partial charge in [0.15, 0.2) is 12.4 Å². The Bertz CT molecular complexity index is 823. The van der Waals surface area contributed by atoms with E-state index in [0.717, 1.165) is 18.2 Å². The highest BCUT2D eigenvalue weighted by atomic mass is 19.1. The molecule has 0 bridgehead atoms. The highest BCUT2D eigenvalue weighted by Crippen LogP contribution is 2.23. The number of esters is 1. The van der Waals surface area contributed by atoms with Gasteiger partial charge < -0.3 is 15.2 Å². The molecule has 26 heavy (non-hydrogen) atoms. The maximum atomic E-state index is 12.9. The van der Waals surface area contributed by atoms with Crippen LogP contribution in [0.1, 0.15) is 20.7 Å². The van der Waals surface area contributed by atoms with E-state index in [1.807, 2.05) is 0 Å². The van der Waals surface area contributed by atoms with Crippen LogP contribution in [-0.4, -0.2) is 41.5 Å². The van der Waals surface area contributed by atoms with Gasteiger partial charge in [-0.25, -0.2) is 9.18 Å². The number of benzene rings is 2. The topological polar surface area (TPSA) is 119 Å². The average molecular weight is 362 g/mol. The number of non-ortho nitro benzene ring substituents is 1. The van der Waals surface area contributed by atoms with E-state index < -0.39 is 29.1 Å². The molecule has 0 spiro atoms. The molecule has 0 aliphatic rings. The van der Waals surface area contributed by atoms with Crippen LogP contribution in [0.3, 0.4) is 0 Å². The molecule has 9 heteroatoms. The van der Waals surface area contributed by atoms with Crippen LogP contribution in [0.15, 0.2) is 42.5 Å². The van der Waals surface area contributed by atoms with E-state index in [1.54, 1.807) is 0 Å². The van der Waals surface area contributed by atoms with E-state index in [1.165, 1.54) is 24.3 Å². The lowest BCUT2D eigenvalue weighted by atomic mass is 10.1. The number of anilines is 1. The van der Waals surface area contributed by atoms with E-state index >= 15 is 0 Å². The second-order valence-electron chi connectivity index (χ2n) is 5.14. The van der Waals surface area contributed by atoms with Gasteiger partial charge in [0, 0.05) is 29.9 Å². The standard InChI is InChI=1S/C17H15FN2O6/c18-12-3-1-11(2-4-12)16(22)10-26-17(23)14-9-13(20(24)25)5-6-15(14)19-7-8-21/h1-6,9,19,21H,7-8,10H2. The summed E-state index contributed by atoms with van der Waals surface area (Å²) in [7, 11) is 0. The summed E-state index contributed by atoms with van der Waals surface area (Å²) < 4.78 is 17.8. The Morgan fingerprint density at radius 1 is 1.19 bits per heavy atom. The number of carbonyl (C=O) groups is 2. The van der Waals surface area contributed by atoms with Crippen LogP contribution >= 0.6 is 0 Å². The van der Waals surface area contributed by atoms with Gasteiger partial charge in [-0.3, -0.25) is 14.9 Å². The first kappa shape index (κ1) is 19.0. The molecule has 2 aromatic rings. The van der Waals surface area contributed by atoms with Crippen LogP contribution < -0.4 is 5.32 Å². The third-order valence-corrected chi connectivity index (χ3v) is 3.36. The Labute approximate surface area is 147 Å². The predicted octanol–water partition coefficient (Wildman–Crippen LogP) is 2.18. The molecule has 0 aliphatic heterocycles. The van der Waals surface area contributed by atoms with E-state index in [-0.39, 0.29) is 35.7 Å². The van der Waals surface area contributed by atoms with Crippen molar-refractivity contribution in [1.29, 1.82) is 0 Å². The van der Waals surface area contributed by atoms with Gasteiger partial charge in [-0.05, 0) is 30.3 Å². The molecule has 0 saturated heterocycles. The van der Waals surface area contributed by atoms with Gasteiger partial charge in [0.05, 0.1) is 17.1 Å². The molecule has 0 unspecified atom stereocenters. The molecular formula is C17H15FN2O6. The predicted molar refractivity (Wildman–Crippen MR) is 89.7 cm³/mol. The van der Waals surface area contributed by atoms with Crippen LogP contribution in [0.25, 0.3) is 0 Å². The maximum Gasteiger partial charge on any atom is 0.340 e. The van der Waals surface area contributed by atoms with Gasteiger partial charge in [-0.1, -0.05) is 0 Å². The van der Waals surface area contributed by atoms with E-state index in [4.69, 9.17) is 9.84 Å². The highest BCUT2D eigenvalue weighted by Gasteiger charge is 2.19. The second kappa shape index (κ2) is 8.67. The quantitative estimate of drug-likeness (QED) is 0.320. The summed E-state index contributed by atoms with van der Waals surface area (Å²) in [6.07, 6.45) is 0. The van der Waals surface area contributed by atoms with Crippen molar-refractivity contribution in [1.82, 2.24) is 0 Å². The molecule has 0 fully saturated rings. The monoisotopic (exact) mass is 362 g/mol. The number of aliphatic hydroxyl groups excluding tert-OH is 1. The number of Topliss-reactive ketones (excluding diaryl/α,β-unsaturated/α-hetero) is 1. The zero-order valence-electron chi connectivity index (χ0n) is 13.5. The zero-order chi connectivity index (χ0) is 19.1. The number of nitro groups is 1. The van der Waals surface area contributed by atoms with Crippen molar-refractivity contribution in [3.05, 3.63) is 69.5 Å². The van der Waals surface area contributed by atoms with Crippen LogP contribution in [0, 0.1) is 15.9 Å². The number of halogens is 1. The largest absolute Gasteiger partial charge is 0.454 e. The Kier molecular flexibility index (Phi) is 6.34. The summed E-state index contributed by atoms with van der Waals surface area (Å²) in [4.78, 5) is 34.4. The molecule has 0 amide bonds. The number of hydrogen-bond donors (Lipinski definition) is 2. The Balaban J connectivity index is 2.13. The van der Waals surface area contributed by atoms with Crippen molar-refractivity contribution >= 4 is 23.1 Å². The average Bonchev–Trinajstić information content (AvgIpc) is 2.64. The number of rotatable bonds is 8. The number of nitrogens with zero attached hydrogens (tertiary/aromatic N) is 1. The molecule has 0 aromatic heterocycles. The molecular weight excluding hydrogens is 347 g/mol. The molecule has 0 heterocycles. The van der Waals surface area contributed by atoms with Crippen LogP contribution in [0.5, 0.6) is 0 Å². The summed E-state index contributed by atoms with van der Waals surface area (Å²) in [5.74, 6) is -1.99. The summed E-state index contributed by atoms with van der Waals surface area (Å²) in [5, 5.41) is 22.5. The summed E-state index contributed by atoms with van der Waals surface area (Å²) in [6.45, 7) is -0.701. The van der Waals surface area contributed by atoms with Crippen LogP contribution in [-0.2, 0) is 4.74 Å². The van der Waals surface area contributed by atoms with Crippen molar-refractivity contribution < 1.29 is 28.7 Å². The summed E-state index contributed by atoms with van der Waals surface area (Å²) in [6, 6.07) is 8.25. The van der Waals surface area contributed by atoms with Crippen LogP contribution in [0.2, 0.25) is 0 Å². The normalized spacial score (nSPS) is 10.2. The van der Waals surface area contributed by atoms with E-state index in [9.17, 15) is 24.1 Å². The van der Waals surface area contributed by atoms with Crippen LogP contribution in [0.4, 0.5) is 15.8 Å². The Hall–Kier alpha value is -3.33. The van der Waals surface area contributed by atoms with E-state index in [0.29, 0.717) is 0 Å². The first-order chi connectivity index (χ1) is 12.4. The molecule has 136 valence electrons. The SMILES string of the molecule is O=C(COC(=O)c1cc([N+](=O)[O-])ccc1NCCO)c1ccc(F)cc1. The van der Waals surface area contributed by atoms with Gasteiger partial charge in [-0.2, -0.15) is 0 Å². The molecule has 2 rings (SSSR count). The van der Waals surface area contributed by atoms with E-state index in [2.05, 4.69) is 5.32 Å². The van der Waals surface area contributed by atoms with Crippen molar-refractivity contribution in [3.63, 3.8) is 0 Å². The first-order valence-electron chi connectivity index (χ1n) is 7.51. The number of carbonyl (C=O) groups excluding carboxylic acids is 2. The number of nitrogens with one attached hydrogen (secondary N) is 1. The molecule has 2 N–H and O–H groups in total. The fourth-order valence-corrected chi connectivity index (χ4v) is 2.09. The first-order valence-corrected chi connectivity index (χ1v) is 7.51. The third-order valence-electron chi connectivity index (χ3n) is 3.36.